The second kappa shape index (κ2) is 5.85. The van der Waals surface area contributed by atoms with Gasteiger partial charge in [0.25, 0.3) is 0 Å². The molecule has 0 unspecified atom stereocenters. The number of hydrogen-bond donors (Lipinski definition) is 0. The molecule has 2 nitrogen and oxygen atoms in total. The van der Waals surface area contributed by atoms with Gasteiger partial charge >= 0.3 is 0 Å². The molecule has 0 amide bonds. The molecule has 0 atom stereocenters. The maximum atomic E-state index is 5.29. The van der Waals surface area contributed by atoms with Crippen molar-refractivity contribution in [1.82, 2.24) is 0 Å². The highest BCUT2D eigenvalue weighted by Crippen LogP contribution is 2.18. The van der Waals surface area contributed by atoms with Crippen molar-refractivity contribution in [3.63, 3.8) is 0 Å². The first-order chi connectivity index (χ1) is 7.84. The van der Waals surface area contributed by atoms with E-state index in [-0.39, 0.29) is 0 Å². The van der Waals surface area contributed by atoms with Crippen LogP contribution < -0.4 is 0 Å². The van der Waals surface area contributed by atoms with Gasteiger partial charge in [-0.25, -0.2) is 0 Å². The molecule has 1 aliphatic rings. The number of hydrogen-bond acceptors (Lipinski definition) is 2. The lowest BCUT2D eigenvalue weighted by Crippen LogP contribution is -1.93. The summed E-state index contributed by atoms with van der Waals surface area (Å²) in [7, 11) is 0. The molecule has 0 saturated heterocycles. The van der Waals surface area contributed by atoms with E-state index in [9.17, 15) is 0 Å². The minimum atomic E-state index is 0.908. The van der Waals surface area contributed by atoms with Crippen molar-refractivity contribution in [2.75, 3.05) is 0 Å². The van der Waals surface area contributed by atoms with E-state index in [1.54, 1.807) is 0 Å². The molecule has 0 spiro atoms. The summed E-state index contributed by atoms with van der Waals surface area (Å²) in [4.78, 5) is 5.29. The van der Waals surface area contributed by atoms with Crippen LogP contribution in [0.2, 0.25) is 0 Å². The third-order valence-electron chi connectivity index (χ3n) is 2.41. The van der Waals surface area contributed by atoms with Crippen LogP contribution in [0.3, 0.4) is 0 Å². The van der Waals surface area contributed by atoms with Crippen LogP contribution in [0.5, 0.6) is 0 Å². The first kappa shape index (κ1) is 11.4. The molecule has 0 fully saturated rings. The van der Waals surface area contributed by atoms with Crippen molar-refractivity contribution in [1.29, 1.82) is 0 Å². The Morgan fingerprint density at radius 2 is 2.25 bits per heavy atom. The van der Waals surface area contributed by atoms with Crippen molar-refractivity contribution < 1.29 is 4.84 Å². The van der Waals surface area contributed by atoms with Gasteiger partial charge in [-0.05, 0) is 37.5 Å². The van der Waals surface area contributed by atoms with Crippen LogP contribution in [0.1, 0.15) is 31.2 Å². The first-order valence-electron chi connectivity index (χ1n) is 5.42. The highest BCUT2D eigenvalue weighted by atomic mass is 79.9. The van der Waals surface area contributed by atoms with Crippen LogP contribution in [-0.2, 0) is 4.84 Å². The average molecular weight is 279 g/mol. The Labute approximate surface area is 104 Å². The van der Waals surface area contributed by atoms with E-state index in [4.69, 9.17) is 4.84 Å². The van der Waals surface area contributed by atoms with Gasteiger partial charge in [-0.15, -0.1) is 0 Å². The van der Waals surface area contributed by atoms with Gasteiger partial charge in [0.15, 0.2) is 0 Å². The van der Waals surface area contributed by atoms with Crippen molar-refractivity contribution in [2.45, 2.75) is 25.7 Å². The minimum Gasteiger partial charge on any atom is -0.361 e. The maximum Gasteiger partial charge on any atom is 0.140 e. The molecule has 0 aliphatic heterocycles. The average Bonchev–Trinajstić information content (AvgIpc) is 2.30. The number of nitrogens with zero attached hydrogens (tertiary/aromatic N) is 1. The molecule has 1 radical (unpaired) electrons. The van der Waals surface area contributed by atoms with E-state index in [0.29, 0.717) is 0 Å². The Morgan fingerprint density at radius 3 is 3.00 bits per heavy atom. The van der Waals surface area contributed by atoms with Crippen LogP contribution in [-0.4, -0.2) is 6.21 Å². The molecule has 0 N–H and O–H groups in total. The van der Waals surface area contributed by atoms with Crippen LogP contribution in [0, 0.1) is 0 Å². The topological polar surface area (TPSA) is 21.6 Å². The zero-order valence-electron chi connectivity index (χ0n) is 8.95. The van der Waals surface area contributed by atoms with Gasteiger partial charge in [0.2, 0.25) is 0 Å². The fourth-order valence-corrected chi connectivity index (χ4v) is 1.98. The van der Waals surface area contributed by atoms with E-state index < -0.39 is 0 Å². The Kier molecular flexibility index (Phi) is 4.17. The van der Waals surface area contributed by atoms with Crippen molar-refractivity contribution in [3.05, 3.63) is 46.1 Å². The molecule has 0 bridgehead atoms. The van der Waals surface area contributed by atoms with E-state index in [0.717, 1.165) is 28.6 Å². The third kappa shape index (κ3) is 3.49. The zero-order valence-corrected chi connectivity index (χ0v) is 10.5. The van der Waals surface area contributed by atoms with Gasteiger partial charge in [-0.1, -0.05) is 33.2 Å². The second-order valence-corrected chi connectivity index (χ2v) is 4.64. The van der Waals surface area contributed by atoms with Gasteiger partial charge in [-0.2, -0.15) is 0 Å². The molecule has 2 rings (SSSR count). The number of benzene rings is 1. The first-order valence-corrected chi connectivity index (χ1v) is 6.21. The predicted octanol–water partition coefficient (Wildman–Crippen LogP) is 4.13. The van der Waals surface area contributed by atoms with Gasteiger partial charge in [0, 0.05) is 16.5 Å². The second-order valence-electron chi connectivity index (χ2n) is 3.72. The molecule has 1 aliphatic carbocycles. The van der Waals surface area contributed by atoms with Crippen molar-refractivity contribution in [3.8, 4) is 0 Å². The van der Waals surface area contributed by atoms with E-state index in [2.05, 4.69) is 33.4 Å². The van der Waals surface area contributed by atoms with Gasteiger partial charge < -0.3 is 4.84 Å². The minimum absolute atomic E-state index is 0.908. The predicted molar refractivity (Wildman–Crippen MR) is 68.3 cm³/mol. The Hall–Kier alpha value is -1.09. The molecule has 0 saturated carbocycles. The Morgan fingerprint density at radius 1 is 1.31 bits per heavy atom. The number of allylic oxidation sites excluding steroid dienone is 2. The molecule has 83 valence electrons. The summed E-state index contributed by atoms with van der Waals surface area (Å²) in [6.07, 6.45) is 9.51. The standard InChI is InChI=1S/C13H13BrNO/c14-12-6-4-5-11(9-12)10-15-16-13-7-2-1-3-8-13/h4-7,9H,1-3,8H2. The monoisotopic (exact) mass is 278 g/mol. The SMILES string of the molecule is Brc1cccc([C]=NOC2=CCCCC2)c1. The quantitative estimate of drug-likeness (QED) is 0.602. The highest BCUT2D eigenvalue weighted by Gasteiger charge is 2.03. The summed E-state index contributed by atoms with van der Waals surface area (Å²) in [5.41, 5.74) is 0.908. The number of halogens is 1. The van der Waals surface area contributed by atoms with Gasteiger partial charge in [-0.3, -0.25) is 0 Å². The number of rotatable bonds is 3. The lowest BCUT2D eigenvalue weighted by atomic mass is 10.1. The molecule has 16 heavy (non-hydrogen) atoms. The molecule has 0 aromatic heterocycles. The van der Waals surface area contributed by atoms with Crippen LogP contribution in [0.15, 0.2) is 45.7 Å². The van der Waals surface area contributed by atoms with E-state index in [1.807, 2.05) is 24.3 Å². The molecule has 3 heteroatoms. The molecular formula is C13H13BrNO. The summed E-state index contributed by atoms with van der Waals surface area (Å²) < 4.78 is 1.02. The fourth-order valence-electron chi connectivity index (χ4n) is 1.58. The highest BCUT2D eigenvalue weighted by molar-refractivity contribution is 9.10. The summed E-state index contributed by atoms with van der Waals surface area (Å²) >= 11 is 3.40. The normalized spacial score (nSPS) is 16.2. The van der Waals surface area contributed by atoms with Crippen molar-refractivity contribution in [2.24, 2.45) is 5.16 Å². The molecular weight excluding hydrogens is 266 g/mol. The van der Waals surface area contributed by atoms with E-state index in [1.165, 1.54) is 12.8 Å². The lowest BCUT2D eigenvalue weighted by molar-refractivity contribution is 0.210. The smallest absolute Gasteiger partial charge is 0.140 e. The van der Waals surface area contributed by atoms with Gasteiger partial charge in [0.1, 0.15) is 12.0 Å². The van der Waals surface area contributed by atoms with Crippen molar-refractivity contribution >= 4 is 22.1 Å². The molecule has 1 aromatic carbocycles. The maximum absolute atomic E-state index is 5.29. The summed E-state index contributed by atoms with van der Waals surface area (Å²) in [6, 6.07) is 7.80. The Bertz CT molecular complexity index is 412. The largest absolute Gasteiger partial charge is 0.361 e. The van der Waals surface area contributed by atoms with Crippen LogP contribution in [0.4, 0.5) is 0 Å². The Balaban J connectivity index is 1.92. The van der Waals surface area contributed by atoms with Crippen LogP contribution in [0.25, 0.3) is 0 Å². The third-order valence-corrected chi connectivity index (χ3v) is 2.90. The van der Waals surface area contributed by atoms with Crippen LogP contribution >= 0.6 is 15.9 Å². The summed E-state index contributed by atoms with van der Waals surface area (Å²) in [6.45, 7) is 0. The summed E-state index contributed by atoms with van der Waals surface area (Å²) in [5, 5.41) is 3.87. The zero-order chi connectivity index (χ0) is 11.2. The van der Waals surface area contributed by atoms with Gasteiger partial charge in [0.05, 0.1) is 0 Å². The van der Waals surface area contributed by atoms with E-state index >= 15 is 0 Å². The fraction of sp³-hybridized carbons (Fsp3) is 0.308. The summed E-state index contributed by atoms with van der Waals surface area (Å²) in [5.74, 6) is 0.966. The molecule has 0 heterocycles. The molecule has 1 aromatic rings. The lowest BCUT2D eigenvalue weighted by Gasteiger charge is -2.08.